The lowest BCUT2D eigenvalue weighted by Gasteiger charge is -2.15. The van der Waals surface area contributed by atoms with Gasteiger partial charge in [-0.1, -0.05) is 48.5 Å². The highest BCUT2D eigenvalue weighted by Gasteiger charge is 2.12. The van der Waals surface area contributed by atoms with Crippen molar-refractivity contribution in [1.29, 1.82) is 0 Å². The zero-order valence-corrected chi connectivity index (χ0v) is 14.7. The number of phenolic OH excluding ortho intramolecular Hbond substituents is 1. The van der Waals surface area contributed by atoms with E-state index in [0.29, 0.717) is 5.56 Å². The van der Waals surface area contributed by atoms with Crippen LogP contribution in [0.15, 0.2) is 65.8 Å². The molecular weight excluding hydrogens is 326 g/mol. The number of hydrogen-bond acceptors (Lipinski definition) is 4. The molecule has 0 radical (unpaired) electrons. The smallest absolute Gasteiger partial charge is 0.262 e. The molecule has 132 valence electrons. The van der Waals surface area contributed by atoms with Crippen molar-refractivity contribution in [2.45, 2.75) is 19.9 Å². The summed E-state index contributed by atoms with van der Waals surface area (Å²) in [6.45, 7) is 3.75. The van der Waals surface area contributed by atoms with Crippen molar-refractivity contribution >= 4 is 28.6 Å². The average Bonchev–Trinajstić information content (AvgIpc) is 2.65. The van der Waals surface area contributed by atoms with Gasteiger partial charge in [0.1, 0.15) is 11.8 Å². The number of nitrogens with one attached hydrogen (secondary N) is 2. The van der Waals surface area contributed by atoms with Crippen molar-refractivity contribution in [2.24, 2.45) is 5.10 Å². The number of aromatic hydroxyl groups is 1. The Labute approximate surface area is 152 Å². The Balaban J connectivity index is 1.70. The molecule has 26 heavy (non-hydrogen) atoms. The molecule has 0 aliphatic carbocycles. The molecular formula is C21H21N3O2. The number of amides is 1. The van der Waals surface area contributed by atoms with Crippen LogP contribution in [0.3, 0.4) is 0 Å². The summed E-state index contributed by atoms with van der Waals surface area (Å²) >= 11 is 0. The molecule has 3 aromatic carbocycles. The van der Waals surface area contributed by atoms with Gasteiger partial charge in [0.25, 0.3) is 5.91 Å². The maximum absolute atomic E-state index is 12.2. The SMILES string of the molecule is Cc1ccccc1N[C@H](C)C(=O)N/N=C\c1c(O)ccc2ccccc12. The first-order chi connectivity index (χ1) is 12.6. The highest BCUT2D eigenvalue weighted by atomic mass is 16.3. The fraction of sp³-hybridized carbons (Fsp3) is 0.143. The van der Waals surface area contributed by atoms with Gasteiger partial charge in [-0.2, -0.15) is 5.10 Å². The van der Waals surface area contributed by atoms with E-state index in [1.807, 2.05) is 61.5 Å². The molecule has 3 N–H and O–H groups in total. The molecule has 0 fully saturated rings. The van der Waals surface area contributed by atoms with Crippen LogP contribution in [0.2, 0.25) is 0 Å². The Bertz CT molecular complexity index is 966. The number of hydrogen-bond donors (Lipinski definition) is 3. The van der Waals surface area contributed by atoms with E-state index in [1.165, 1.54) is 6.21 Å². The molecule has 0 aliphatic rings. The maximum Gasteiger partial charge on any atom is 0.262 e. The number of hydrazone groups is 1. The summed E-state index contributed by atoms with van der Waals surface area (Å²) in [6.07, 6.45) is 1.47. The summed E-state index contributed by atoms with van der Waals surface area (Å²) in [5.74, 6) is -0.142. The van der Waals surface area contributed by atoms with Gasteiger partial charge in [0.2, 0.25) is 0 Å². The summed E-state index contributed by atoms with van der Waals surface area (Å²) in [4.78, 5) is 12.2. The molecule has 0 saturated carbocycles. The monoisotopic (exact) mass is 347 g/mol. The zero-order chi connectivity index (χ0) is 18.5. The first-order valence-corrected chi connectivity index (χ1v) is 8.42. The van der Waals surface area contributed by atoms with Gasteiger partial charge in [0, 0.05) is 11.3 Å². The summed E-state index contributed by atoms with van der Waals surface area (Å²) in [5, 5.41) is 19.1. The predicted molar refractivity (Wildman–Crippen MR) is 106 cm³/mol. The topological polar surface area (TPSA) is 73.7 Å². The molecule has 0 saturated heterocycles. The quantitative estimate of drug-likeness (QED) is 0.485. The summed E-state index contributed by atoms with van der Waals surface area (Å²) in [7, 11) is 0. The molecule has 0 aliphatic heterocycles. The number of fused-ring (bicyclic) bond motifs is 1. The Hall–Kier alpha value is -3.34. The number of phenols is 1. The second-order valence-electron chi connectivity index (χ2n) is 6.13. The van der Waals surface area contributed by atoms with Crippen LogP contribution in [0.25, 0.3) is 10.8 Å². The van der Waals surface area contributed by atoms with E-state index in [0.717, 1.165) is 22.0 Å². The Kier molecular flexibility index (Phi) is 5.17. The van der Waals surface area contributed by atoms with Gasteiger partial charge in [0.15, 0.2) is 0 Å². The van der Waals surface area contributed by atoms with Crippen molar-refractivity contribution in [3.63, 3.8) is 0 Å². The van der Waals surface area contributed by atoms with Crippen LogP contribution in [0.1, 0.15) is 18.1 Å². The van der Waals surface area contributed by atoms with Crippen molar-refractivity contribution in [1.82, 2.24) is 5.43 Å². The number of benzene rings is 3. The van der Waals surface area contributed by atoms with Crippen LogP contribution in [0.5, 0.6) is 5.75 Å². The maximum atomic E-state index is 12.2. The Morgan fingerprint density at radius 2 is 1.81 bits per heavy atom. The highest BCUT2D eigenvalue weighted by molar-refractivity contribution is 6.02. The normalized spacial score (nSPS) is 12.2. The average molecular weight is 347 g/mol. The van der Waals surface area contributed by atoms with Crippen LogP contribution >= 0.6 is 0 Å². The van der Waals surface area contributed by atoms with Gasteiger partial charge in [-0.3, -0.25) is 4.79 Å². The molecule has 3 aromatic rings. The lowest BCUT2D eigenvalue weighted by atomic mass is 10.0. The van der Waals surface area contributed by atoms with E-state index in [-0.39, 0.29) is 11.7 Å². The van der Waals surface area contributed by atoms with Crippen LogP contribution in [0.4, 0.5) is 5.69 Å². The van der Waals surface area contributed by atoms with E-state index in [4.69, 9.17) is 0 Å². The molecule has 0 unspecified atom stereocenters. The highest BCUT2D eigenvalue weighted by Crippen LogP contribution is 2.25. The summed E-state index contributed by atoms with van der Waals surface area (Å²) in [5.41, 5.74) is 5.07. The van der Waals surface area contributed by atoms with E-state index < -0.39 is 6.04 Å². The molecule has 0 bridgehead atoms. The first-order valence-electron chi connectivity index (χ1n) is 8.42. The predicted octanol–water partition coefficient (Wildman–Crippen LogP) is 3.80. The second kappa shape index (κ2) is 7.70. The number of nitrogens with zero attached hydrogens (tertiary/aromatic N) is 1. The number of rotatable bonds is 5. The fourth-order valence-corrected chi connectivity index (χ4v) is 2.71. The zero-order valence-electron chi connectivity index (χ0n) is 14.7. The minimum atomic E-state index is -0.450. The molecule has 3 rings (SSSR count). The second-order valence-corrected chi connectivity index (χ2v) is 6.13. The standard InChI is InChI=1S/C21H21N3O2/c1-14-7-3-6-10-19(14)23-15(2)21(26)24-22-13-18-17-9-5-4-8-16(17)11-12-20(18)25/h3-13,15,23,25H,1-2H3,(H,24,26)/b22-13-/t15-/m1/s1. The van der Waals surface area contributed by atoms with Crippen LogP contribution in [-0.2, 0) is 4.79 Å². The molecule has 0 aromatic heterocycles. The minimum Gasteiger partial charge on any atom is -0.507 e. The summed E-state index contributed by atoms with van der Waals surface area (Å²) in [6, 6.07) is 18.5. The third kappa shape index (κ3) is 3.83. The Morgan fingerprint density at radius 3 is 2.62 bits per heavy atom. The van der Waals surface area contributed by atoms with Gasteiger partial charge in [0.05, 0.1) is 6.21 Å². The molecule has 0 spiro atoms. The number of anilines is 1. The number of para-hydroxylation sites is 1. The molecule has 1 atom stereocenters. The van der Waals surface area contributed by atoms with E-state index in [1.54, 1.807) is 13.0 Å². The molecule has 0 heterocycles. The van der Waals surface area contributed by atoms with Gasteiger partial charge >= 0.3 is 0 Å². The van der Waals surface area contributed by atoms with Crippen molar-refractivity contribution < 1.29 is 9.90 Å². The summed E-state index contributed by atoms with van der Waals surface area (Å²) < 4.78 is 0. The van der Waals surface area contributed by atoms with Gasteiger partial charge in [-0.15, -0.1) is 0 Å². The van der Waals surface area contributed by atoms with Gasteiger partial charge < -0.3 is 10.4 Å². The van der Waals surface area contributed by atoms with Crippen molar-refractivity contribution in [2.75, 3.05) is 5.32 Å². The molecule has 5 heteroatoms. The van der Waals surface area contributed by atoms with Gasteiger partial charge in [-0.25, -0.2) is 5.43 Å². The van der Waals surface area contributed by atoms with E-state index in [2.05, 4.69) is 15.8 Å². The lowest BCUT2D eigenvalue weighted by molar-refractivity contribution is -0.121. The fourth-order valence-electron chi connectivity index (χ4n) is 2.71. The number of aryl methyl sites for hydroxylation is 1. The lowest BCUT2D eigenvalue weighted by Crippen LogP contribution is -2.35. The molecule has 1 amide bonds. The van der Waals surface area contributed by atoms with E-state index in [9.17, 15) is 9.90 Å². The molecule has 5 nitrogen and oxygen atoms in total. The largest absolute Gasteiger partial charge is 0.507 e. The number of carbonyl (C=O) groups is 1. The van der Waals surface area contributed by atoms with Crippen LogP contribution in [-0.4, -0.2) is 23.3 Å². The third-order valence-electron chi connectivity index (χ3n) is 4.23. The van der Waals surface area contributed by atoms with Crippen LogP contribution < -0.4 is 10.7 Å². The van der Waals surface area contributed by atoms with Gasteiger partial charge in [-0.05, 0) is 42.3 Å². The van der Waals surface area contributed by atoms with E-state index >= 15 is 0 Å². The number of carbonyl (C=O) groups excluding carboxylic acids is 1. The first kappa shape index (κ1) is 17.5. The van der Waals surface area contributed by atoms with Crippen molar-refractivity contribution in [3.8, 4) is 5.75 Å². The Morgan fingerprint density at radius 1 is 1.08 bits per heavy atom. The minimum absolute atomic E-state index is 0.118. The van der Waals surface area contributed by atoms with Crippen LogP contribution in [0, 0.1) is 6.92 Å². The van der Waals surface area contributed by atoms with Crippen molar-refractivity contribution in [3.05, 3.63) is 71.8 Å². The third-order valence-corrected chi connectivity index (χ3v) is 4.23.